The molecular formula is C18H24N2O. The Morgan fingerprint density at radius 1 is 1.05 bits per heavy atom. The van der Waals surface area contributed by atoms with Gasteiger partial charge in [-0.15, -0.1) is 0 Å². The normalized spacial score (nSPS) is 16.5. The molecule has 2 aromatic rings. The Labute approximate surface area is 126 Å². The summed E-state index contributed by atoms with van der Waals surface area (Å²) < 4.78 is 5.95. The van der Waals surface area contributed by atoms with Crippen molar-refractivity contribution < 1.29 is 4.74 Å². The third-order valence-corrected chi connectivity index (χ3v) is 3.94. The Hall–Kier alpha value is -1.58. The maximum atomic E-state index is 5.95. The molecule has 3 rings (SSSR count). The van der Waals surface area contributed by atoms with Crippen LogP contribution in [0.4, 0.5) is 0 Å². The number of ether oxygens (including phenoxy) is 1. The monoisotopic (exact) mass is 284 g/mol. The first-order valence-electron chi connectivity index (χ1n) is 7.84. The summed E-state index contributed by atoms with van der Waals surface area (Å²) >= 11 is 0. The van der Waals surface area contributed by atoms with Gasteiger partial charge in [-0.1, -0.05) is 30.3 Å². The minimum Gasteiger partial charge on any atom is -0.490 e. The van der Waals surface area contributed by atoms with E-state index in [0.29, 0.717) is 0 Å². The van der Waals surface area contributed by atoms with Gasteiger partial charge < -0.3 is 10.1 Å². The van der Waals surface area contributed by atoms with E-state index in [-0.39, 0.29) is 6.10 Å². The number of rotatable bonds is 4. The molecule has 0 saturated carbocycles. The Morgan fingerprint density at radius 3 is 2.48 bits per heavy atom. The summed E-state index contributed by atoms with van der Waals surface area (Å²) in [5, 5.41) is 5.94. The van der Waals surface area contributed by atoms with Crippen LogP contribution >= 0.6 is 0 Å². The molecule has 3 heteroatoms. The number of hydrogen-bond donors (Lipinski definition) is 1. The lowest BCUT2D eigenvalue weighted by Gasteiger charge is -2.27. The third-order valence-electron chi connectivity index (χ3n) is 3.94. The highest BCUT2D eigenvalue weighted by Gasteiger charge is 2.13. The lowest BCUT2D eigenvalue weighted by Crippen LogP contribution is -2.42. The van der Waals surface area contributed by atoms with Crippen LogP contribution in [0.2, 0.25) is 0 Å². The predicted octanol–water partition coefficient (Wildman–Crippen LogP) is 3.03. The number of nitrogens with zero attached hydrogens (tertiary/aromatic N) is 1. The van der Waals surface area contributed by atoms with Gasteiger partial charge in [0.25, 0.3) is 0 Å². The molecule has 21 heavy (non-hydrogen) atoms. The van der Waals surface area contributed by atoms with E-state index in [1.54, 1.807) is 0 Å². The van der Waals surface area contributed by atoms with Crippen molar-refractivity contribution in [3.8, 4) is 5.75 Å². The van der Waals surface area contributed by atoms with Gasteiger partial charge in [-0.2, -0.15) is 0 Å². The number of nitrogens with one attached hydrogen (secondary N) is 1. The molecule has 2 aromatic carbocycles. The van der Waals surface area contributed by atoms with Crippen LogP contribution in [0.1, 0.15) is 19.4 Å². The average molecular weight is 284 g/mol. The second-order valence-corrected chi connectivity index (χ2v) is 5.96. The predicted molar refractivity (Wildman–Crippen MR) is 87.9 cm³/mol. The summed E-state index contributed by atoms with van der Waals surface area (Å²) in [5.74, 6) is 0.990. The first kappa shape index (κ1) is 14.4. The van der Waals surface area contributed by atoms with Gasteiger partial charge in [-0.05, 0) is 30.9 Å². The first-order valence-corrected chi connectivity index (χ1v) is 7.84. The molecular weight excluding hydrogens is 260 g/mol. The minimum absolute atomic E-state index is 0.201. The molecule has 0 aliphatic carbocycles. The molecule has 0 unspecified atom stereocenters. The zero-order valence-electron chi connectivity index (χ0n) is 12.9. The molecule has 0 atom stereocenters. The van der Waals surface area contributed by atoms with E-state index in [9.17, 15) is 0 Å². The van der Waals surface area contributed by atoms with Gasteiger partial charge in [0, 0.05) is 38.1 Å². The number of fused-ring (bicyclic) bond motifs is 1. The molecule has 1 saturated heterocycles. The van der Waals surface area contributed by atoms with Crippen molar-refractivity contribution in [3.63, 3.8) is 0 Å². The molecule has 1 aliphatic heterocycles. The van der Waals surface area contributed by atoms with E-state index >= 15 is 0 Å². The van der Waals surface area contributed by atoms with Crippen molar-refractivity contribution in [2.45, 2.75) is 26.5 Å². The van der Waals surface area contributed by atoms with Crippen LogP contribution in [-0.2, 0) is 6.54 Å². The van der Waals surface area contributed by atoms with Crippen molar-refractivity contribution in [3.05, 3.63) is 42.0 Å². The van der Waals surface area contributed by atoms with E-state index in [4.69, 9.17) is 4.74 Å². The van der Waals surface area contributed by atoms with E-state index in [2.05, 4.69) is 60.5 Å². The van der Waals surface area contributed by atoms with Crippen molar-refractivity contribution >= 4 is 10.8 Å². The molecule has 0 amide bonds. The van der Waals surface area contributed by atoms with Gasteiger partial charge >= 0.3 is 0 Å². The lowest BCUT2D eigenvalue weighted by molar-refractivity contribution is 0.233. The van der Waals surface area contributed by atoms with Crippen molar-refractivity contribution in [2.24, 2.45) is 0 Å². The van der Waals surface area contributed by atoms with Crippen LogP contribution in [0.5, 0.6) is 5.75 Å². The maximum Gasteiger partial charge on any atom is 0.127 e. The standard InChI is InChI=1S/C18H24N2O/c1-14(2)21-18-8-7-15(13-20-11-9-19-10-12-20)16-5-3-4-6-17(16)18/h3-8,14,19H,9-13H2,1-2H3. The lowest BCUT2D eigenvalue weighted by atomic mass is 10.0. The second-order valence-electron chi connectivity index (χ2n) is 5.96. The largest absolute Gasteiger partial charge is 0.490 e. The third kappa shape index (κ3) is 3.36. The quantitative estimate of drug-likeness (QED) is 0.934. The van der Waals surface area contributed by atoms with Crippen LogP contribution in [0, 0.1) is 0 Å². The fraction of sp³-hybridized carbons (Fsp3) is 0.444. The zero-order valence-corrected chi connectivity index (χ0v) is 12.9. The fourth-order valence-corrected chi connectivity index (χ4v) is 2.94. The van der Waals surface area contributed by atoms with Gasteiger partial charge in [0.1, 0.15) is 5.75 Å². The molecule has 0 aromatic heterocycles. The van der Waals surface area contributed by atoms with Crippen LogP contribution in [0.3, 0.4) is 0 Å². The van der Waals surface area contributed by atoms with E-state index < -0.39 is 0 Å². The maximum absolute atomic E-state index is 5.95. The second kappa shape index (κ2) is 6.46. The number of hydrogen-bond acceptors (Lipinski definition) is 3. The fourth-order valence-electron chi connectivity index (χ4n) is 2.94. The van der Waals surface area contributed by atoms with Crippen molar-refractivity contribution in [1.82, 2.24) is 10.2 Å². The highest BCUT2D eigenvalue weighted by atomic mass is 16.5. The van der Waals surface area contributed by atoms with E-state index in [1.165, 1.54) is 16.3 Å². The van der Waals surface area contributed by atoms with Gasteiger partial charge in [0.15, 0.2) is 0 Å². The summed E-state index contributed by atoms with van der Waals surface area (Å²) in [4.78, 5) is 2.52. The summed E-state index contributed by atoms with van der Waals surface area (Å²) in [5.41, 5.74) is 1.39. The van der Waals surface area contributed by atoms with Gasteiger partial charge in [0.2, 0.25) is 0 Å². The number of benzene rings is 2. The molecule has 1 fully saturated rings. The SMILES string of the molecule is CC(C)Oc1ccc(CN2CCNCC2)c2ccccc12. The van der Waals surface area contributed by atoms with E-state index in [0.717, 1.165) is 38.5 Å². The molecule has 0 radical (unpaired) electrons. The summed E-state index contributed by atoms with van der Waals surface area (Å²) in [6.45, 7) is 9.59. The summed E-state index contributed by atoms with van der Waals surface area (Å²) in [6, 6.07) is 12.9. The van der Waals surface area contributed by atoms with Crippen molar-refractivity contribution in [2.75, 3.05) is 26.2 Å². The van der Waals surface area contributed by atoms with E-state index in [1.807, 2.05) is 0 Å². The Bertz CT molecular complexity index is 603. The topological polar surface area (TPSA) is 24.5 Å². The minimum atomic E-state index is 0.201. The van der Waals surface area contributed by atoms with Gasteiger partial charge in [0.05, 0.1) is 6.10 Å². The van der Waals surface area contributed by atoms with Crippen LogP contribution in [-0.4, -0.2) is 37.2 Å². The molecule has 0 bridgehead atoms. The van der Waals surface area contributed by atoms with Crippen molar-refractivity contribution in [1.29, 1.82) is 0 Å². The first-order chi connectivity index (χ1) is 10.2. The molecule has 1 aliphatic rings. The highest BCUT2D eigenvalue weighted by Crippen LogP contribution is 2.30. The summed E-state index contributed by atoms with van der Waals surface area (Å²) in [6.07, 6.45) is 0.201. The smallest absolute Gasteiger partial charge is 0.127 e. The van der Waals surface area contributed by atoms with Crippen LogP contribution < -0.4 is 10.1 Å². The Kier molecular flexibility index (Phi) is 4.42. The summed E-state index contributed by atoms with van der Waals surface area (Å²) in [7, 11) is 0. The molecule has 3 nitrogen and oxygen atoms in total. The molecule has 0 spiro atoms. The molecule has 1 heterocycles. The highest BCUT2D eigenvalue weighted by molar-refractivity contribution is 5.91. The Balaban J connectivity index is 1.92. The number of piperazine rings is 1. The average Bonchev–Trinajstić information content (AvgIpc) is 2.50. The van der Waals surface area contributed by atoms with Gasteiger partial charge in [-0.3, -0.25) is 4.90 Å². The molecule has 1 N–H and O–H groups in total. The molecule has 112 valence electrons. The van der Waals surface area contributed by atoms with Gasteiger partial charge in [-0.25, -0.2) is 0 Å². The zero-order chi connectivity index (χ0) is 14.7. The Morgan fingerprint density at radius 2 is 1.76 bits per heavy atom. The van der Waals surface area contributed by atoms with Crippen LogP contribution in [0.15, 0.2) is 36.4 Å². The van der Waals surface area contributed by atoms with Crippen LogP contribution in [0.25, 0.3) is 10.8 Å².